The molecule has 3 heteroatoms. The molecule has 270 valence electrons. The Labute approximate surface area is 335 Å². The third-order valence-electron chi connectivity index (χ3n) is 14.0. The van der Waals surface area contributed by atoms with E-state index in [4.69, 9.17) is 0 Å². The average molecular weight is 817 g/mol. The minimum absolute atomic E-state index is 0.381. The predicted molar refractivity (Wildman–Crippen MR) is 232 cm³/mol. The van der Waals surface area contributed by atoms with E-state index in [2.05, 4.69) is 152 Å². The van der Waals surface area contributed by atoms with Crippen molar-refractivity contribution in [3.05, 3.63) is 188 Å². The van der Waals surface area contributed by atoms with Crippen molar-refractivity contribution in [3.8, 4) is 0 Å². The Morgan fingerprint density at radius 3 is 1.94 bits per heavy atom. The summed E-state index contributed by atoms with van der Waals surface area (Å²) in [6, 6.07) is 9.42. The van der Waals surface area contributed by atoms with E-state index in [-0.39, 0.29) is 0 Å². The minimum Gasteiger partial charge on any atom is -0.325 e. The summed E-state index contributed by atoms with van der Waals surface area (Å²) in [7, 11) is 0. The van der Waals surface area contributed by atoms with Gasteiger partial charge in [-0.2, -0.15) is 0 Å². The molecule has 2 nitrogen and oxygen atoms in total. The Bertz CT molecular complexity index is 2390. The predicted octanol–water partition coefficient (Wildman–Crippen LogP) is 11.4. The monoisotopic (exact) mass is 816 g/mol. The number of hydrogen-bond donors (Lipinski definition) is 0. The smallest absolute Gasteiger partial charge is 0.115 e. The molecule has 2 heterocycles. The lowest BCUT2D eigenvalue weighted by molar-refractivity contribution is 0.260. The van der Waals surface area contributed by atoms with Crippen LogP contribution in [-0.2, 0) is 0 Å². The zero-order valence-corrected chi connectivity index (χ0v) is 33.3. The summed E-state index contributed by atoms with van der Waals surface area (Å²) in [5.41, 5.74) is 18.7. The normalized spacial score (nSPS) is 30.7. The van der Waals surface area contributed by atoms with Gasteiger partial charge in [0.2, 0.25) is 0 Å². The molecular formula is C51H49IN2. The summed E-state index contributed by atoms with van der Waals surface area (Å²) in [6.07, 6.45) is 53.7. The highest BCUT2D eigenvalue weighted by Crippen LogP contribution is 2.62. The summed E-state index contributed by atoms with van der Waals surface area (Å²) >= 11 is 2.63. The van der Waals surface area contributed by atoms with Gasteiger partial charge in [-0.05, 0) is 132 Å². The second-order valence-corrected chi connectivity index (χ2v) is 17.7. The summed E-state index contributed by atoms with van der Waals surface area (Å²) in [5, 5.41) is 2.94. The van der Waals surface area contributed by atoms with Gasteiger partial charge in [0.05, 0.1) is 34.3 Å². The van der Waals surface area contributed by atoms with Crippen LogP contribution in [0.5, 0.6) is 0 Å². The minimum atomic E-state index is 0.381. The van der Waals surface area contributed by atoms with Gasteiger partial charge in [0.15, 0.2) is 0 Å². The standard InChI is InChI=1S/C51H49IN2/c52-54-44-25-12-13-32-53(44)50(51(54)36-19-8-3-9-20-36)37-28-26-33(27-29-37)38-30-31-43-47-39(38)23-14-24-42(47)48-45(34-15-4-1-5-16-34)40-21-10-11-22-41(40)46(49(43)48)35-17-6-2-7-18-35/h1-2,4,6,10-11,13-15,17,19,21-24,26,28,30-32,39,44,47-49H,3,5,7-9,12,16,18,20,25,27,29H2. The highest BCUT2D eigenvalue weighted by molar-refractivity contribution is 14.1. The van der Waals surface area contributed by atoms with Gasteiger partial charge in [0, 0.05) is 29.9 Å². The van der Waals surface area contributed by atoms with Crippen molar-refractivity contribution in [2.45, 2.75) is 83.2 Å². The Morgan fingerprint density at radius 1 is 0.556 bits per heavy atom. The number of fused-ring (bicyclic) bond motifs is 5. The molecule has 8 aliphatic carbocycles. The van der Waals surface area contributed by atoms with Crippen LogP contribution in [0.25, 0.3) is 11.1 Å². The molecule has 1 fully saturated rings. The molecule has 0 amide bonds. The zero-order valence-electron chi connectivity index (χ0n) is 31.2. The Morgan fingerprint density at radius 2 is 1.28 bits per heavy atom. The lowest BCUT2D eigenvalue weighted by atomic mass is 9.69. The molecule has 0 radical (unpaired) electrons. The molecule has 0 bridgehead atoms. The van der Waals surface area contributed by atoms with E-state index in [0.29, 0.717) is 29.8 Å². The largest absolute Gasteiger partial charge is 0.325 e. The molecule has 1 aromatic rings. The molecule has 0 spiro atoms. The van der Waals surface area contributed by atoms with E-state index in [0.717, 1.165) is 44.9 Å². The van der Waals surface area contributed by atoms with Crippen LogP contribution >= 0.6 is 22.9 Å². The first-order valence-corrected chi connectivity index (χ1v) is 21.8. The lowest BCUT2D eigenvalue weighted by Crippen LogP contribution is -2.40. The van der Waals surface area contributed by atoms with Crippen molar-refractivity contribution in [1.82, 2.24) is 8.01 Å². The van der Waals surface area contributed by atoms with Gasteiger partial charge in [0.1, 0.15) is 6.17 Å². The molecule has 1 saturated carbocycles. The third kappa shape index (κ3) is 5.16. The van der Waals surface area contributed by atoms with Crippen LogP contribution in [0, 0.1) is 23.7 Å². The van der Waals surface area contributed by atoms with Gasteiger partial charge in [-0.3, -0.25) is 3.11 Å². The molecule has 0 aromatic heterocycles. The van der Waals surface area contributed by atoms with Crippen molar-refractivity contribution >= 4 is 34.0 Å². The quantitative estimate of drug-likeness (QED) is 0.216. The summed E-state index contributed by atoms with van der Waals surface area (Å²) in [5.74, 6) is 1.57. The summed E-state index contributed by atoms with van der Waals surface area (Å²) in [6.45, 7) is 0. The van der Waals surface area contributed by atoms with Crippen LogP contribution in [0.15, 0.2) is 178 Å². The van der Waals surface area contributed by atoms with Crippen LogP contribution < -0.4 is 10.4 Å². The Balaban J connectivity index is 1.02. The fourth-order valence-corrected chi connectivity index (χ4v) is 12.8. The number of allylic oxidation sites excluding steroid dienone is 23. The molecule has 54 heavy (non-hydrogen) atoms. The molecule has 0 saturated heterocycles. The molecule has 5 atom stereocenters. The second kappa shape index (κ2) is 13.6. The van der Waals surface area contributed by atoms with Gasteiger partial charge < -0.3 is 4.90 Å². The van der Waals surface area contributed by atoms with Gasteiger partial charge in [-0.25, -0.2) is 0 Å². The maximum Gasteiger partial charge on any atom is 0.115 e. The molecular weight excluding hydrogens is 767 g/mol. The first-order valence-electron chi connectivity index (χ1n) is 20.9. The fourth-order valence-electron chi connectivity index (χ4n) is 11.7. The Kier molecular flexibility index (Phi) is 8.37. The first kappa shape index (κ1) is 33.3. The number of halogens is 1. The maximum absolute atomic E-state index is 2.63. The van der Waals surface area contributed by atoms with Gasteiger partial charge in [-0.1, -0.05) is 127 Å². The molecule has 0 N–H and O–H groups in total. The van der Waals surface area contributed by atoms with E-state index < -0.39 is 0 Å². The number of nitrogens with zero attached hydrogens (tertiary/aromatic N) is 2. The van der Waals surface area contributed by atoms with Crippen molar-refractivity contribution in [1.29, 1.82) is 0 Å². The van der Waals surface area contributed by atoms with E-state index >= 15 is 0 Å². The topological polar surface area (TPSA) is 6.48 Å². The lowest BCUT2D eigenvalue weighted by Gasteiger charge is -2.35. The highest BCUT2D eigenvalue weighted by atomic mass is 127. The Hall–Kier alpha value is -4.09. The van der Waals surface area contributed by atoms with E-state index in [1.807, 2.05) is 0 Å². The van der Waals surface area contributed by atoms with Crippen LogP contribution in [0.1, 0.15) is 77.0 Å². The zero-order chi connectivity index (χ0) is 35.8. The maximum atomic E-state index is 2.63. The van der Waals surface area contributed by atoms with Gasteiger partial charge >= 0.3 is 0 Å². The third-order valence-corrected chi connectivity index (χ3v) is 15.1. The average Bonchev–Trinajstić information content (AvgIpc) is 3.73. The van der Waals surface area contributed by atoms with Crippen molar-refractivity contribution in [2.24, 2.45) is 23.7 Å². The van der Waals surface area contributed by atoms with E-state index in [1.165, 1.54) is 65.1 Å². The summed E-state index contributed by atoms with van der Waals surface area (Å²) < 4.78 is 2.58. The first-order chi connectivity index (χ1) is 26.8. The van der Waals surface area contributed by atoms with Crippen LogP contribution in [-0.4, -0.2) is 14.2 Å². The van der Waals surface area contributed by atoms with Gasteiger partial charge in [0.25, 0.3) is 0 Å². The molecule has 1 aromatic carbocycles. The fraction of sp³-hybridized carbons (Fsp3) is 0.333. The van der Waals surface area contributed by atoms with Crippen LogP contribution in [0.2, 0.25) is 0 Å². The van der Waals surface area contributed by atoms with Crippen molar-refractivity contribution < 1.29 is 0 Å². The SMILES string of the molecule is IN1C(C2=CCCCC2)=C(C2=CC=C(C3=CC=C4C5C(=CC=CC35)C3C(C5=CC=CCC5)=c5ccccc5=C(C5=CC=CCC5)C43)CC2)N2C=CCCC12. The molecule has 11 rings (SSSR count). The summed E-state index contributed by atoms with van der Waals surface area (Å²) in [4.78, 5) is 2.61. The van der Waals surface area contributed by atoms with Gasteiger partial charge in [-0.15, -0.1) is 0 Å². The highest BCUT2D eigenvalue weighted by Gasteiger charge is 2.52. The van der Waals surface area contributed by atoms with Crippen molar-refractivity contribution in [2.75, 3.05) is 0 Å². The molecule has 10 aliphatic rings. The van der Waals surface area contributed by atoms with Crippen molar-refractivity contribution in [3.63, 3.8) is 0 Å². The van der Waals surface area contributed by atoms with Crippen LogP contribution in [0.3, 0.4) is 0 Å². The molecule has 2 aliphatic heterocycles. The second-order valence-electron chi connectivity index (χ2n) is 16.7. The number of rotatable bonds is 5. The number of benzene rings is 1. The molecule has 5 unspecified atom stereocenters. The number of hydrogen-bond acceptors (Lipinski definition) is 2. The van der Waals surface area contributed by atoms with E-state index in [9.17, 15) is 0 Å². The van der Waals surface area contributed by atoms with Crippen LogP contribution in [0.4, 0.5) is 0 Å². The van der Waals surface area contributed by atoms with E-state index in [1.54, 1.807) is 44.6 Å².